The van der Waals surface area contributed by atoms with Crippen molar-refractivity contribution < 1.29 is 4.42 Å². The lowest BCUT2D eigenvalue weighted by Crippen LogP contribution is -2.04. The molecule has 4 heteroatoms. The Labute approximate surface area is 319 Å². The van der Waals surface area contributed by atoms with Crippen molar-refractivity contribution in [3.05, 3.63) is 176 Å². The molecule has 0 N–H and O–H groups in total. The Morgan fingerprint density at radius 1 is 0.473 bits per heavy atom. The molecule has 0 aliphatic heterocycles. The summed E-state index contributed by atoms with van der Waals surface area (Å²) in [6, 6.07) is 62.0. The molecule has 4 nitrogen and oxygen atoms in total. The zero-order valence-corrected chi connectivity index (χ0v) is 30.7. The molecule has 0 fully saturated rings. The first kappa shape index (κ1) is 32.6. The predicted octanol–water partition coefficient (Wildman–Crippen LogP) is 14.2. The highest BCUT2D eigenvalue weighted by Gasteiger charge is 2.21. The quantitative estimate of drug-likeness (QED) is 0.183. The lowest BCUT2D eigenvalue weighted by Gasteiger charge is -2.14. The minimum Gasteiger partial charge on any atom is -0.455 e. The van der Waals surface area contributed by atoms with Crippen LogP contribution in [0.5, 0.6) is 0 Å². The van der Waals surface area contributed by atoms with Gasteiger partial charge in [0.2, 0.25) is 5.95 Å². The van der Waals surface area contributed by atoms with Gasteiger partial charge in [-0.25, -0.2) is 9.97 Å². The van der Waals surface area contributed by atoms with Gasteiger partial charge in [0.1, 0.15) is 11.2 Å². The average molecular weight is 708 g/mol. The van der Waals surface area contributed by atoms with Crippen LogP contribution in [0.4, 0.5) is 0 Å². The van der Waals surface area contributed by atoms with Crippen molar-refractivity contribution in [2.24, 2.45) is 0 Å². The maximum absolute atomic E-state index is 6.47. The number of furan rings is 1. The van der Waals surface area contributed by atoms with E-state index in [1.165, 1.54) is 17.2 Å². The zero-order valence-electron chi connectivity index (χ0n) is 30.7. The van der Waals surface area contributed by atoms with Crippen molar-refractivity contribution in [3.8, 4) is 39.5 Å². The lowest BCUT2D eigenvalue weighted by atomic mass is 9.96. The van der Waals surface area contributed by atoms with E-state index in [4.69, 9.17) is 14.4 Å². The Hall–Kier alpha value is -7.04. The van der Waals surface area contributed by atoms with Gasteiger partial charge in [-0.2, -0.15) is 0 Å². The SMILES string of the molecule is CCC.c1ccc(-c2nc(-n3c4cc5ccccc5cc4c4cccc(-c5cccc(-c6cccc7c6oc6ccccc67)c5)c43)nc3ccccc23)cc1. The molecule has 0 aliphatic rings. The summed E-state index contributed by atoms with van der Waals surface area (Å²) in [4.78, 5) is 10.7. The van der Waals surface area contributed by atoms with E-state index in [0.717, 1.165) is 88.2 Å². The number of hydrogen-bond acceptors (Lipinski definition) is 3. The molecule has 11 aromatic rings. The minimum absolute atomic E-state index is 0.642. The first-order valence-corrected chi connectivity index (χ1v) is 19.0. The fraction of sp³-hybridized carbons (Fsp3) is 0.0588. The summed E-state index contributed by atoms with van der Waals surface area (Å²) in [5, 5.41) is 7.96. The Bertz CT molecular complexity index is 3210. The summed E-state index contributed by atoms with van der Waals surface area (Å²) in [6.45, 7) is 4.25. The fourth-order valence-electron chi connectivity index (χ4n) is 8.00. The van der Waals surface area contributed by atoms with Crippen LogP contribution in [0.25, 0.3) is 105 Å². The zero-order chi connectivity index (χ0) is 36.9. The second-order valence-electron chi connectivity index (χ2n) is 14.1. The van der Waals surface area contributed by atoms with Crippen LogP contribution < -0.4 is 0 Å². The smallest absolute Gasteiger partial charge is 0.235 e. The summed E-state index contributed by atoms with van der Waals surface area (Å²) < 4.78 is 8.75. The van der Waals surface area contributed by atoms with Gasteiger partial charge >= 0.3 is 0 Å². The summed E-state index contributed by atoms with van der Waals surface area (Å²) in [7, 11) is 0. The molecule has 0 saturated carbocycles. The molecule has 0 unspecified atom stereocenters. The topological polar surface area (TPSA) is 43.9 Å². The Kier molecular flexibility index (Phi) is 7.96. The van der Waals surface area contributed by atoms with E-state index in [1.807, 2.05) is 24.3 Å². The maximum atomic E-state index is 6.47. The summed E-state index contributed by atoms with van der Waals surface area (Å²) in [6.07, 6.45) is 1.25. The van der Waals surface area contributed by atoms with Crippen molar-refractivity contribution >= 4 is 65.4 Å². The van der Waals surface area contributed by atoms with E-state index < -0.39 is 0 Å². The van der Waals surface area contributed by atoms with E-state index in [1.54, 1.807) is 0 Å². The van der Waals surface area contributed by atoms with E-state index >= 15 is 0 Å². The van der Waals surface area contributed by atoms with Crippen LogP contribution in [0.3, 0.4) is 0 Å². The molecule has 0 bridgehead atoms. The van der Waals surface area contributed by atoms with Gasteiger partial charge in [0.15, 0.2) is 0 Å². The summed E-state index contributed by atoms with van der Waals surface area (Å²) >= 11 is 0. The van der Waals surface area contributed by atoms with Crippen molar-refractivity contribution in [1.29, 1.82) is 0 Å². The van der Waals surface area contributed by atoms with Crippen molar-refractivity contribution in [2.45, 2.75) is 20.3 Å². The first-order chi connectivity index (χ1) is 27.2. The van der Waals surface area contributed by atoms with Gasteiger partial charge in [-0.05, 0) is 52.2 Å². The van der Waals surface area contributed by atoms with Crippen molar-refractivity contribution in [3.63, 3.8) is 0 Å². The van der Waals surface area contributed by atoms with Gasteiger partial charge in [-0.1, -0.05) is 166 Å². The van der Waals surface area contributed by atoms with Crippen LogP contribution in [-0.4, -0.2) is 14.5 Å². The number of hydrogen-bond donors (Lipinski definition) is 0. The Balaban J connectivity index is 0.00000120. The van der Waals surface area contributed by atoms with Crippen LogP contribution >= 0.6 is 0 Å². The number of benzene rings is 8. The van der Waals surface area contributed by atoms with E-state index in [0.29, 0.717) is 5.95 Å². The molecule has 3 heterocycles. The number of aromatic nitrogens is 3. The molecule has 0 atom stereocenters. The maximum Gasteiger partial charge on any atom is 0.235 e. The third-order valence-electron chi connectivity index (χ3n) is 10.4. The summed E-state index contributed by atoms with van der Waals surface area (Å²) in [5.41, 5.74) is 11.2. The second-order valence-corrected chi connectivity index (χ2v) is 14.1. The third-order valence-corrected chi connectivity index (χ3v) is 10.4. The van der Waals surface area contributed by atoms with Gasteiger partial charge in [-0.3, -0.25) is 4.57 Å². The van der Waals surface area contributed by atoms with Crippen LogP contribution in [0.1, 0.15) is 20.3 Å². The first-order valence-electron chi connectivity index (χ1n) is 19.0. The van der Waals surface area contributed by atoms with Crippen molar-refractivity contribution in [1.82, 2.24) is 14.5 Å². The minimum atomic E-state index is 0.642. The second kappa shape index (κ2) is 13.4. The molecule has 0 saturated heterocycles. The fourth-order valence-corrected chi connectivity index (χ4v) is 8.00. The molecule has 0 spiro atoms. The van der Waals surface area contributed by atoms with Crippen LogP contribution in [-0.2, 0) is 0 Å². The molecular weight excluding hydrogens is 671 g/mol. The molecule has 0 amide bonds. The van der Waals surface area contributed by atoms with Gasteiger partial charge in [-0.15, -0.1) is 0 Å². The monoisotopic (exact) mass is 707 g/mol. The molecular formula is C51H37N3O. The highest BCUT2D eigenvalue weighted by molar-refractivity contribution is 6.17. The standard InChI is InChI=1S/C48H29N3O.C3H8/c1-2-13-30(14-3-1)45-40-20-6-8-25-42(40)49-48(50-45)51-43-29-32-16-5-4-15-31(32)28-41(43)38-23-11-21-35(46(38)51)33-17-10-18-34(27-33)36-22-12-24-39-37-19-7-9-26-44(37)52-47(36)39;1-3-2/h1-29H;3H2,1-2H3. The molecule has 8 aromatic carbocycles. The number of rotatable bonds is 4. The van der Waals surface area contributed by atoms with E-state index in [-0.39, 0.29) is 0 Å². The third kappa shape index (κ3) is 5.45. The van der Waals surface area contributed by atoms with Crippen LogP contribution in [0, 0.1) is 0 Å². The highest BCUT2D eigenvalue weighted by atomic mass is 16.3. The summed E-state index contributed by atoms with van der Waals surface area (Å²) in [5.74, 6) is 0.642. The molecule has 0 aliphatic carbocycles. The van der Waals surface area contributed by atoms with Crippen molar-refractivity contribution in [2.75, 3.05) is 0 Å². The van der Waals surface area contributed by atoms with E-state index in [9.17, 15) is 0 Å². The van der Waals surface area contributed by atoms with Crippen LogP contribution in [0.15, 0.2) is 180 Å². The molecule has 3 aromatic heterocycles. The molecule has 55 heavy (non-hydrogen) atoms. The molecule has 0 radical (unpaired) electrons. The normalized spacial score (nSPS) is 11.5. The average Bonchev–Trinajstić information content (AvgIpc) is 3.79. The van der Waals surface area contributed by atoms with Gasteiger partial charge < -0.3 is 4.42 Å². The highest BCUT2D eigenvalue weighted by Crippen LogP contribution is 2.42. The number of fused-ring (bicyclic) bond motifs is 8. The number of para-hydroxylation sites is 4. The predicted molar refractivity (Wildman–Crippen MR) is 231 cm³/mol. The molecule has 262 valence electrons. The molecule has 11 rings (SSSR count). The van der Waals surface area contributed by atoms with Gasteiger partial charge in [0, 0.05) is 43.6 Å². The van der Waals surface area contributed by atoms with E-state index in [2.05, 4.69) is 170 Å². The Morgan fingerprint density at radius 3 is 1.89 bits per heavy atom. The number of nitrogens with zero attached hydrogens (tertiary/aromatic N) is 3. The van der Waals surface area contributed by atoms with Gasteiger partial charge in [0.05, 0.1) is 22.2 Å². The largest absolute Gasteiger partial charge is 0.455 e. The van der Waals surface area contributed by atoms with Crippen LogP contribution in [0.2, 0.25) is 0 Å². The lowest BCUT2D eigenvalue weighted by molar-refractivity contribution is 0.670. The Morgan fingerprint density at radius 2 is 1.07 bits per heavy atom. The van der Waals surface area contributed by atoms with Gasteiger partial charge in [0.25, 0.3) is 0 Å².